The Labute approximate surface area is 340 Å². The molecule has 5 unspecified atom stereocenters. The number of aromatic nitrogens is 4. The number of fused-ring (bicyclic) bond motifs is 1. The molecule has 59 heavy (non-hydrogen) atoms. The number of nitrogens with two attached hydrogens (primary N) is 3. The minimum absolute atomic E-state index is 0.155. The summed E-state index contributed by atoms with van der Waals surface area (Å²) in [5.74, 6) is -8.05. The molecule has 3 heterocycles. The normalized spacial score (nSPS) is 14.3. The highest BCUT2D eigenvalue weighted by Crippen LogP contribution is 2.23. The van der Waals surface area contributed by atoms with Gasteiger partial charge in [-0.2, -0.15) is 0 Å². The number of H-pyrrole nitrogens is 3. The molecule has 18 N–H and O–H groups in total. The van der Waals surface area contributed by atoms with Crippen LogP contribution in [0.4, 0.5) is 5.82 Å². The standard InChI is InChI=1S/C20H32N6O12S2.C5H7N5.C5H6N2O2/c21-9(19(35)36)1-3-13(27)25-11(17(33)23-5-15(29)30)7-39-40-8-12(18(34)24-6-16(31)32)26-14(28)4-2-10(22)20(37)38;6-4-3-5(9-1-7-3)10-2-8-4;1-3-2-6-5(9)7-4(3)8/h9-12H,1-8,21-22H2,(H,23,33)(H,24,34)(H,25,27)(H,26,28)(H,29,30)(H,31,32)(H,35,36)(H,37,38);1-2,4H,6H2,(H,7,9)(H,8,10);2H,1H3,(H2,6,7,8,9). The number of carbonyl (C=O) groups is 8. The molecule has 0 fully saturated rings. The van der Waals surface area contributed by atoms with Crippen LogP contribution in [0.2, 0.25) is 0 Å². The number of aliphatic imine (C=N–C) groups is 1. The van der Waals surface area contributed by atoms with Crippen molar-refractivity contribution in [1.82, 2.24) is 41.2 Å². The van der Waals surface area contributed by atoms with Crippen molar-refractivity contribution in [3.8, 4) is 0 Å². The fraction of sp³-hybridized carbons (Fsp3) is 0.467. The molecule has 0 radical (unpaired) electrons. The Bertz CT molecular complexity index is 1850. The van der Waals surface area contributed by atoms with Gasteiger partial charge in [0.05, 0.1) is 18.4 Å². The van der Waals surface area contributed by atoms with E-state index in [9.17, 15) is 47.9 Å². The van der Waals surface area contributed by atoms with Gasteiger partial charge < -0.3 is 74.2 Å². The van der Waals surface area contributed by atoms with Crippen LogP contribution in [0.25, 0.3) is 0 Å². The maximum absolute atomic E-state index is 12.4. The van der Waals surface area contributed by atoms with E-state index in [0.717, 1.165) is 33.1 Å². The number of anilines is 1. The molecule has 0 saturated heterocycles. The molecule has 4 amide bonds. The zero-order chi connectivity index (χ0) is 44.7. The molecule has 0 spiro atoms. The summed E-state index contributed by atoms with van der Waals surface area (Å²) in [5.41, 5.74) is 16.8. The number of aliphatic carboxylic acids is 4. The van der Waals surface area contributed by atoms with Crippen LogP contribution >= 0.6 is 21.6 Å². The molecule has 1 aliphatic rings. The van der Waals surface area contributed by atoms with Gasteiger partial charge in [0.15, 0.2) is 5.82 Å². The molecule has 0 saturated carbocycles. The van der Waals surface area contributed by atoms with Crippen molar-refractivity contribution >= 4 is 81.3 Å². The van der Waals surface area contributed by atoms with E-state index >= 15 is 0 Å². The predicted molar refractivity (Wildman–Crippen MR) is 210 cm³/mol. The maximum Gasteiger partial charge on any atom is 0.325 e. The number of carboxylic acids is 4. The summed E-state index contributed by atoms with van der Waals surface area (Å²) >= 11 is 0. The number of hydrogen-bond donors (Lipinski definition) is 15. The van der Waals surface area contributed by atoms with E-state index in [-0.39, 0.29) is 48.9 Å². The topological polar surface area (TPSA) is 462 Å². The van der Waals surface area contributed by atoms with Gasteiger partial charge in [-0.1, -0.05) is 21.6 Å². The lowest BCUT2D eigenvalue weighted by Crippen LogP contribution is -2.50. The average Bonchev–Trinajstić information content (AvgIpc) is 3.67. The highest BCUT2D eigenvalue weighted by molar-refractivity contribution is 8.76. The third-order valence-electron chi connectivity index (χ3n) is 7.09. The predicted octanol–water partition coefficient (Wildman–Crippen LogP) is -4.68. The second-order valence-electron chi connectivity index (χ2n) is 11.8. The Balaban J connectivity index is 0.000000725. The van der Waals surface area contributed by atoms with Gasteiger partial charge in [-0.25, -0.2) is 9.78 Å². The Morgan fingerprint density at radius 2 is 1.27 bits per heavy atom. The average molecular weight is 876 g/mol. The summed E-state index contributed by atoms with van der Waals surface area (Å²) in [7, 11) is 1.89. The number of nitrogens with zero attached hydrogens (tertiary/aromatic N) is 2. The summed E-state index contributed by atoms with van der Waals surface area (Å²) in [5, 5.41) is 46.9. The number of aromatic amines is 3. The Morgan fingerprint density at radius 1 is 0.797 bits per heavy atom. The van der Waals surface area contributed by atoms with E-state index in [1.54, 1.807) is 19.6 Å². The van der Waals surface area contributed by atoms with Crippen LogP contribution in [-0.2, 0) is 38.4 Å². The van der Waals surface area contributed by atoms with E-state index in [1.807, 2.05) is 0 Å². The van der Waals surface area contributed by atoms with E-state index in [4.69, 9.17) is 37.6 Å². The second kappa shape index (κ2) is 26.6. The van der Waals surface area contributed by atoms with Gasteiger partial charge >= 0.3 is 29.6 Å². The van der Waals surface area contributed by atoms with Gasteiger partial charge in [-0.15, -0.1) is 0 Å². The van der Waals surface area contributed by atoms with Crippen LogP contribution < -0.4 is 55.0 Å². The quantitative estimate of drug-likeness (QED) is 0.0414. The van der Waals surface area contributed by atoms with Crippen molar-refractivity contribution < 1.29 is 58.8 Å². The van der Waals surface area contributed by atoms with Gasteiger partial charge in [0, 0.05) is 36.1 Å². The zero-order valence-electron chi connectivity index (χ0n) is 31.1. The fourth-order valence-electron chi connectivity index (χ4n) is 3.90. The van der Waals surface area contributed by atoms with Crippen molar-refractivity contribution in [3.05, 3.63) is 44.6 Å². The van der Waals surface area contributed by atoms with Gasteiger partial charge in [0.25, 0.3) is 5.56 Å². The lowest BCUT2D eigenvalue weighted by atomic mass is 10.1. The Morgan fingerprint density at radius 3 is 1.66 bits per heavy atom. The van der Waals surface area contributed by atoms with Crippen molar-refractivity contribution in [1.29, 1.82) is 0 Å². The summed E-state index contributed by atoms with van der Waals surface area (Å²) in [4.78, 5) is 128. The third-order valence-corrected chi connectivity index (χ3v) is 9.51. The first-order chi connectivity index (χ1) is 27.7. The van der Waals surface area contributed by atoms with E-state index in [0.29, 0.717) is 5.56 Å². The minimum atomic E-state index is -1.34. The SMILES string of the molecule is Cc1c[nH]c(=O)[nH]c1=O.NC(CCC(=O)NC(CSSCC(NC(=O)CCC(N)C(=O)O)C(=O)NCC(=O)O)C(=O)NCC(=O)O)C(=O)O.NC1N=CNc2nc[nH]c21. The van der Waals surface area contributed by atoms with Crippen molar-refractivity contribution in [2.24, 2.45) is 22.2 Å². The van der Waals surface area contributed by atoms with E-state index < -0.39 is 90.5 Å². The van der Waals surface area contributed by atoms with Crippen LogP contribution in [0.5, 0.6) is 0 Å². The van der Waals surface area contributed by atoms with Crippen LogP contribution in [-0.4, -0.2) is 143 Å². The molecule has 326 valence electrons. The molecule has 27 nitrogen and oxygen atoms in total. The largest absolute Gasteiger partial charge is 0.480 e. The number of carboxylic acid groups (broad SMARTS) is 4. The lowest BCUT2D eigenvalue weighted by molar-refractivity contribution is -0.140. The van der Waals surface area contributed by atoms with Gasteiger partial charge in [-0.3, -0.25) is 53.1 Å². The van der Waals surface area contributed by atoms with Crippen molar-refractivity contribution in [3.63, 3.8) is 0 Å². The Hall–Kier alpha value is -6.30. The molecule has 0 aliphatic carbocycles. The number of aryl methyl sites for hydroxylation is 1. The maximum atomic E-state index is 12.4. The molecule has 29 heteroatoms. The summed E-state index contributed by atoms with van der Waals surface area (Å²) in [6.45, 7) is 0.140. The number of carbonyl (C=O) groups excluding carboxylic acids is 4. The van der Waals surface area contributed by atoms with Crippen molar-refractivity contribution in [2.45, 2.75) is 62.9 Å². The first-order valence-corrected chi connectivity index (χ1v) is 19.3. The van der Waals surface area contributed by atoms with Crippen molar-refractivity contribution in [2.75, 3.05) is 29.9 Å². The first kappa shape index (κ1) is 50.7. The van der Waals surface area contributed by atoms with Gasteiger partial charge in [0.1, 0.15) is 43.4 Å². The smallest absolute Gasteiger partial charge is 0.325 e. The molecular weight excluding hydrogens is 831 g/mol. The highest BCUT2D eigenvalue weighted by atomic mass is 33.1. The highest BCUT2D eigenvalue weighted by Gasteiger charge is 2.25. The lowest BCUT2D eigenvalue weighted by Gasteiger charge is -2.20. The Kier molecular flexibility index (Phi) is 22.9. The fourth-order valence-corrected chi connectivity index (χ4v) is 6.23. The number of rotatable bonds is 21. The van der Waals surface area contributed by atoms with Crippen LogP contribution in [0.3, 0.4) is 0 Å². The number of amides is 4. The summed E-state index contributed by atoms with van der Waals surface area (Å²) in [6, 6.07) is -5.16. The monoisotopic (exact) mass is 875 g/mol. The molecule has 2 aromatic heterocycles. The summed E-state index contributed by atoms with van der Waals surface area (Å²) < 4.78 is 0. The van der Waals surface area contributed by atoms with E-state index in [2.05, 4.69) is 51.5 Å². The molecule has 5 atom stereocenters. The zero-order valence-corrected chi connectivity index (χ0v) is 32.7. The molecule has 0 aromatic carbocycles. The number of imidazole rings is 1. The third kappa shape index (κ3) is 21.2. The molecule has 2 aromatic rings. The minimum Gasteiger partial charge on any atom is -0.480 e. The molecule has 0 bridgehead atoms. The first-order valence-electron chi connectivity index (χ1n) is 16.9. The molecule has 1 aliphatic heterocycles. The number of hydrogen-bond acceptors (Lipinski definition) is 18. The summed E-state index contributed by atoms with van der Waals surface area (Å²) in [6.07, 6.45) is 3.10. The van der Waals surface area contributed by atoms with Crippen LogP contribution in [0, 0.1) is 6.92 Å². The van der Waals surface area contributed by atoms with Gasteiger partial charge in [-0.05, 0) is 19.8 Å². The van der Waals surface area contributed by atoms with Crippen LogP contribution in [0.1, 0.15) is 43.1 Å². The van der Waals surface area contributed by atoms with E-state index in [1.165, 1.54) is 6.20 Å². The number of nitrogens with one attached hydrogen (secondary N) is 8. The second-order valence-corrected chi connectivity index (χ2v) is 14.3. The molecular formula is C30H45N13O14S2. The van der Waals surface area contributed by atoms with Gasteiger partial charge in [0.2, 0.25) is 23.6 Å². The molecule has 3 rings (SSSR count). The van der Waals surface area contributed by atoms with Crippen LogP contribution in [0.15, 0.2) is 27.1 Å².